The SMILES string of the molecule is C[C@@H](CNc1cc(C2CC2)ncn1)Oc1cccnc1. The predicted octanol–water partition coefficient (Wildman–Crippen LogP) is 2.63. The van der Waals surface area contributed by atoms with Gasteiger partial charge >= 0.3 is 0 Å². The monoisotopic (exact) mass is 270 g/mol. The molecule has 0 aliphatic heterocycles. The van der Waals surface area contributed by atoms with Gasteiger partial charge in [-0.15, -0.1) is 0 Å². The van der Waals surface area contributed by atoms with Crippen molar-refractivity contribution in [3.63, 3.8) is 0 Å². The van der Waals surface area contributed by atoms with E-state index in [4.69, 9.17) is 4.74 Å². The number of hydrogen-bond donors (Lipinski definition) is 1. The van der Waals surface area contributed by atoms with E-state index in [9.17, 15) is 0 Å². The maximum absolute atomic E-state index is 5.76. The maximum Gasteiger partial charge on any atom is 0.138 e. The van der Waals surface area contributed by atoms with Crippen LogP contribution in [0.25, 0.3) is 0 Å². The second-order valence-corrected chi connectivity index (χ2v) is 5.10. The first-order chi connectivity index (χ1) is 9.81. The predicted molar refractivity (Wildman–Crippen MR) is 76.8 cm³/mol. The quantitative estimate of drug-likeness (QED) is 0.874. The van der Waals surface area contributed by atoms with Crippen LogP contribution in [0, 0.1) is 0 Å². The van der Waals surface area contributed by atoms with Gasteiger partial charge in [0.2, 0.25) is 0 Å². The average molecular weight is 270 g/mol. The minimum Gasteiger partial charge on any atom is -0.487 e. The first-order valence-corrected chi connectivity index (χ1v) is 6.94. The molecule has 0 bridgehead atoms. The lowest BCUT2D eigenvalue weighted by atomic mass is 10.3. The topological polar surface area (TPSA) is 59.9 Å². The summed E-state index contributed by atoms with van der Waals surface area (Å²) < 4.78 is 5.76. The molecule has 1 fully saturated rings. The molecule has 3 rings (SSSR count). The second-order valence-electron chi connectivity index (χ2n) is 5.10. The molecule has 1 aliphatic rings. The molecule has 1 aliphatic carbocycles. The highest BCUT2D eigenvalue weighted by Crippen LogP contribution is 2.39. The Morgan fingerprint density at radius 3 is 3.05 bits per heavy atom. The number of anilines is 1. The molecular weight excluding hydrogens is 252 g/mol. The summed E-state index contributed by atoms with van der Waals surface area (Å²) in [5, 5.41) is 3.29. The molecule has 5 heteroatoms. The van der Waals surface area contributed by atoms with Crippen molar-refractivity contribution in [3.05, 3.63) is 42.6 Å². The Labute approximate surface area is 118 Å². The Morgan fingerprint density at radius 2 is 2.30 bits per heavy atom. The van der Waals surface area contributed by atoms with Gasteiger partial charge in [-0.1, -0.05) is 0 Å². The van der Waals surface area contributed by atoms with Crippen LogP contribution in [0.5, 0.6) is 5.75 Å². The fourth-order valence-electron chi connectivity index (χ4n) is 2.01. The summed E-state index contributed by atoms with van der Waals surface area (Å²) in [7, 11) is 0. The molecule has 104 valence electrons. The van der Waals surface area contributed by atoms with Gasteiger partial charge in [0.05, 0.1) is 12.7 Å². The highest BCUT2D eigenvalue weighted by Gasteiger charge is 2.25. The van der Waals surface area contributed by atoms with Crippen molar-refractivity contribution in [2.45, 2.75) is 31.8 Å². The summed E-state index contributed by atoms with van der Waals surface area (Å²) >= 11 is 0. The van der Waals surface area contributed by atoms with Crippen LogP contribution in [0.2, 0.25) is 0 Å². The van der Waals surface area contributed by atoms with Crippen LogP contribution in [0.4, 0.5) is 5.82 Å². The van der Waals surface area contributed by atoms with Gasteiger partial charge in [-0.2, -0.15) is 0 Å². The summed E-state index contributed by atoms with van der Waals surface area (Å²) in [6, 6.07) is 5.80. The zero-order valence-corrected chi connectivity index (χ0v) is 11.5. The van der Waals surface area contributed by atoms with Crippen LogP contribution >= 0.6 is 0 Å². The molecule has 1 saturated carbocycles. The minimum atomic E-state index is 0.0403. The third-order valence-corrected chi connectivity index (χ3v) is 3.23. The smallest absolute Gasteiger partial charge is 0.138 e. The van der Waals surface area contributed by atoms with E-state index in [2.05, 4.69) is 20.3 Å². The fourth-order valence-corrected chi connectivity index (χ4v) is 2.01. The van der Waals surface area contributed by atoms with Crippen LogP contribution < -0.4 is 10.1 Å². The number of nitrogens with zero attached hydrogens (tertiary/aromatic N) is 3. The van der Waals surface area contributed by atoms with Gasteiger partial charge in [0.15, 0.2) is 0 Å². The zero-order valence-electron chi connectivity index (χ0n) is 11.5. The number of nitrogens with one attached hydrogen (secondary N) is 1. The number of pyridine rings is 1. The summed E-state index contributed by atoms with van der Waals surface area (Å²) in [5.74, 6) is 2.29. The van der Waals surface area contributed by atoms with E-state index in [1.807, 2.05) is 25.1 Å². The molecule has 0 amide bonds. The largest absolute Gasteiger partial charge is 0.487 e. The normalized spacial score (nSPS) is 15.7. The number of ether oxygens (including phenoxy) is 1. The molecule has 0 spiro atoms. The molecule has 0 unspecified atom stereocenters. The summed E-state index contributed by atoms with van der Waals surface area (Å²) in [4.78, 5) is 12.6. The van der Waals surface area contributed by atoms with Crippen molar-refractivity contribution in [1.29, 1.82) is 0 Å². The first kappa shape index (κ1) is 12.8. The third-order valence-electron chi connectivity index (χ3n) is 3.23. The van der Waals surface area contributed by atoms with Crippen molar-refractivity contribution in [3.8, 4) is 5.75 Å². The van der Waals surface area contributed by atoms with Gasteiger partial charge in [-0.25, -0.2) is 9.97 Å². The Balaban J connectivity index is 1.52. The molecule has 1 atom stereocenters. The molecule has 1 N–H and O–H groups in total. The van der Waals surface area contributed by atoms with E-state index < -0.39 is 0 Å². The van der Waals surface area contributed by atoms with Crippen molar-refractivity contribution < 1.29 is 4.74 Å². The van der Waals surface area contributed by atoms with Crippen molar-refractivity contribution in [1.82, 2.24) is 15.0 Å². The Kier molecular flexibility index (Phi) is 3.76. The summed E-state index contributed by atoms with van der Waals surface area (Å²) in [5.41, 5.74) is 1.14. The van der Waals surface area contributed by atoms with Crippen LogP contribution in [0.3, 0.4) is 0 Å². The lowest BCUT2D eigenvalue weighted by molar-refractivity contribution is 0.234. The molecule has 0 aromatic carbocycles. The van der Waals surface area contributed by atoms with E-state index in [1.54, 1.807) is 18.7 Å². The highest BCUT2D eigenvalue weighted by atomic mass is 16.5. The zero-order chi connectivity index (χ0) is 13.8. The minimum absolute atomic E-state index is 0.0403. The number of aromatic nitrogens is 3. The van der Waals surface area contributed by atoms with Crippen LogP contribution in [-0.4, -0.2) is 27.6 Å². The van der Waals surface area contributed by atoms with Gasteiger partial charge in [-0.3, -0.25) is 4.98 Å². The maximum atomic E-state index is 5.76. The van der Waals surface area contributed by atoms with E-state index in [0.29, 0.717) is 12.5 Å². The molecule has 0 radical (unpaired) electrons. The molecule has 2 aromatic rings. The van der Waals surface area contributed by atoms with Crippen LogP contribution in [-0.2, 0) is 0 Å². The van der Waals surface area contributed by atoms with Crippen molar-refractivity contribution in [2.75, 3.05) is 11.9 Å². The number of hydrogen-bond acceptors (Lipinski definition) is 5. The van der Waals surface area contributed by atoms with E-state index in [-0.39, 0.29) is 6.10 Å². The fraction of sp³-hybridized carbons (Fsp3) is 0.400. The third kappa shape index (κ3) is 3.44. The molecule has 20 heavy (non-hydrogen) atoms. The lowest BCUT2D eigenvalue weighted by Gasteiger charge is -2.15. The van der Waals surface area contributed by atoms with Crippen LogP contribution in [0.1, 0.15) is 31.4 Å². The summed E-state index contributed by atoms with van der Waals surface area (Å²) in [6.45, 7) is 2.71. The second kappa shape index (κ2) is 5.86. The summed E-state index contributed by atoms with van der Waals surface area (Å²) in [6.07, 6.45) is 7.61. The Bertz CT molecular complexity index is 557. The molecular formula is C15H18N4O. The van der Waals surface area contributed by atoms with E-state index >= 15 is 0 Å². The van der Waals surface area contributed by atoms with Gasteiger partial charge < -0.3 is 10.1 Å². The van der Waals surface area contributed by atoms with Gasteiger partial charge in [0, 0.05) is 23.9 Å². The van der Waals surface area contributed by atoms with Crippen molar-refractivity contribution >= 4 is 5.82 Å². The van der Waals surface area contributed by atoms with Gasteiger partial charge in [0.1, 0.15) is 24.0 Å². The molecule has 0 saturated heterocycles. The average Bonchev–Trinajstić information content (AvgIpc) is 3.31. The number of rotatable bonds is 6. The van der Waals surface area contributed by atoms with Gasteiger partial charge in [0.25, 0.3) is 0 Å². The van der Waals surface area contributed by atoms with E-state index in [0.717, 1.165) is 17.3 Å². The van der Waals surface area contributed by atoms with E-state index in [1.165, 1.54) is 12.8 Å². The van der Waals surface area contributed by atoms with Crippen molar-refractivity contribution in [2.24, 2.45) is 0 Å². The lowest BCUT2D eigenvalue weighted by Crippen LogP contribution is -2.23. The Hall–Kier alpha value is -2.17. The molecule has 5 nitrogen and oxygen atoms in total. The van der Waals surface area contributed by atoms with Gasteiger partial charge in [-0.05, 0) is 31.9 Å². The standard InChI is InChI=1S/C15H18N4O/c1-11(20-13-3-2-6-16-9-13)8-17-15-7-14(12-4-5-12)18-10-19-15/h2-3,6-7,9-12H,4-5,8H2,1H3,(H,17,18,19)/t11-/m0/s1. The molecule has 2 aromatic heterocycles. The first-order valence-electron chi connectivity index (χ1n) is 6.94. The van der Waals surface area contributed by atoms with Crippen LogP contribution in [0.15, 0.2) is 36.9 Å². The highest BCUT2D eigenvalue weighted by molar-refractivity contribution is 5.37. The Morgan fingerprint density at radius 1 is 1.40 bits per heavy atom. The molecule has 2 heterocycles.